The van der Waals surface area contributed by atoms with Crippen molar-refractivity contribution in [3.63, 3.8) is 0 Å². The van der Waals surface area contributed by atoms with E-state index in [1.54, 1.807) is 24.0 Å². The Morgan fingerprint density at radius 2 is 2.21 bits per heavy atom. The van der Waals surface area contributed by atoms with Gasteiger partial charge in [-0.1, -0.05) is 18.3 Å². The molecule has 1 aliphatic rings. The number of ether oxygens (including phenoxy) is 1. The number of benzene rings is 1. The summed E-state index contributed by atoms with van der Waals surface area (Å²) in [6.07, 6.45) is 0. The first-order chi connectivity index (χ1) is 9.02. The molecule has 19 heavy (non-hydrogen) atoms. The molecule has 5 nitrogen and oxygen atoms in total. The predicted molar refractivity (Wildman–Crippen MR) is 77.3 cm³/mol. The molecule has 0 unspecified atom stereocenters. The van der Waals surface area contributed by atoms with E-state index < -0.39 is 0 Å². The molecular formula is C13H17N3O2S. The Balaban J connectivity index is 2.18. The third-order valence-corrected chi connectivity index (χ3v) is 3.43. The average Bonchev–Trinajstić information content (AvgIpc) is 2.70. The van der Waals surface area contributed by atoms with E-state index in [-0.39, 0.29) is 6.03 Å². The Morgan fingerprint density at radius 3 is 2.74 bits per heavy atom. The van der Waals surface area contributed by atoms with Crippen LogP contribution in [0.5, 0.6) is 5.75 Å². The lowest BCUT2D eigenvalue weighted by Crippen LogP contribution is -2.29. The zero-order valence-electron chi connectivity index (χ0n) is 11.0. The van der Waals surface area contributed by atoms with Gasteiger partial charge in [-0.15, -0.1) is 0 Å². The number of carbonyl (C=O) groups excluding carboxylic acids is 1. The van der Waals surface area contributed by atoms with Crippen LogP contribution in [0.25, 0.3) is 0 Å². The molecule has 1 saturated heterocycles. The second-order valence-corrected chi connectivity index (χ2v) is 4.96. The van der Waals surface area contributed by atoms with Gasteiger partial charge in [-0.3, -0.25) is 0 Å². The summed E-state index contributed by atoms with van der Waals surface area (Å²) in [7, 11) is 3.38. The number of hydrogen-bond acceptors (Lipinski definition) is 3. The van der Waals surface area contributed by atoms with Crippen LogP contribution in [0.4, 0.5) is 4.79 Å². The van der Waals surface area contributed by atoms with E-state index in [0.717, 1.165) is 18.7 Å². The molecule has 0 bridgehead atoms. The molecule has 2 N–H and O–H groups in total. The van der Waals surface area contributed by atoms with Crippen molar-refractivity contribution in [2.24, 2.45) is 5.73 Å². The lowest BCUT2D eigenvalue weighted by Gasteiger charge is -2.17. The molecular weight excluding hydrogens is 262 g/mol. The van der Waals surface area contributed by atoms with Crippen LogP contribution in [-0.4, -0.2) is 48.1 Å². The third kappa shape index (κ3) is 2.78. The van der Waals surface area contributed by atoms with Crippen molar-refractivity contribution in [1.82, 2.24) is 9.80 Å². The van der Waals surface area contributed by atoms with E-state index >= 15 is 0 Å². The summed E-state index contributed by atoms with van der Waals surface area (Å²) >= 11 is 4.96. The average molecular weight is 279 g/mol. The van der Waals surface area contributed by atoms with Crippen molar-refractivity contribution < 1.29 is 9.53 Å². The monoisotopic (exact) mass is 279 g/mol. The molecule has 1 aromatic rings. The molecule has 0 radical (unpaired) electrons. The van der Waals surface area contributed by atoms with Gasteiger partial charge in [-0.05, 0) is 17.7 Å². The minimum Gasteiger partial charge on any atom is -0.496 e. The smallest absolute Gasteiger partial charge is 0.320 e. The van der Waals surface area contributed by atoms with Crippen molar-refractivity contribution in [3.05, 3.63) is 29.3 Å². The van der Waals surface area contributed by atoms with E-state index in [9.17, 15) is 4.79 Å². The molecule has 102 valence electrons. The van der Waals surface area contributed by atoms with E-state index in [1.165, 1.54) is 0 Å². The van der Waals surface area contributed by atoms with Gasteiger partial charge in [-0.2, -0.15) is 0 Å². The van der Waals surface area contributed by atoms with Gasteiger partial charge in [0.2, 0.25) is 0 Å². The summed E-state index contributed by atoms with van der Waals surface area (Å²) in [5, 5.41) is 0. The maximum absolute atomic E-state index is 11.8. The fourth-order valence-electron chi connectivity index (χ4n) is 2.11. The molecule has 2 amide bonds. The minimum atomic E-state index is 0.0531. The summed E-state index contributed by atoms with van der Waals surface area (Å²) < 4.78 is 5.28. The number of likely N-dealkylation sites (N-methyl/N-ethyl adjacent to an activating group) is 1. The van der Waals surface area contributed by atoms with Crippen molar-refractivity contribution in [2.45, 2.75) is 6.54 Å². The normalized spacial score (nSPS) is 14.9. The van der Waals surface area contributed by atoms with Gasteiger partial charge in [0.25, 0.3) is 0 Å². The van der Waals surface area contributed by atoms with Crippen LogP contribution in [0.1, 0.15) is 11.1 Å². The highest BCUT2D eigenvalue weighted by Crippen LogP contribution is 2.22. The van der Waals surface area contributed by atoms with Crippen LogP contribution in [0.2, 0.25) is 0 Å². The molecule has 6 heteroatoms. The SMILES string of the molecule is COc1cc(CN2CCN(C)C2=O)ccc1C(N)=S. The molecule has 0 saturated carbocycles. The first-order valence-electron chi connectivity index (χ1n) is 5.99. The Bertz CT molecular complexity index is 519. The van der Waals surface area contributed by atoms with Crippen LogP contribution in [0.3, 0.4) is 0 Å². The van der Waals surface area contributed by atoms with Gasteiger partial charge in [0, 0.05) is 26.7 Å². The molecule has 1 heterocycles. The van der Waals surface area contributed by atoms with Crippen LogP contribution < -0.4 is 10.5 Å². The van der Waals surface area contributed by atoms with Crippen molar-refractivity contribution >= 4 is 23.2 Å². The number of thiocarbonyl (C=S) groups is 1. The summed E-state index contributed by atoms with van der Waals surface area (Å²) in [5.74, 6) is 0.644. The number of carbonyl (C=O) groups is 1. The van der Waals surface area contributed by atoms with Gasteiger partial charge < -0.3 is 20.3 Å². The van der Waals surface area contributed by atoms with Gasteiger partial charge in [-0.25, -0.2) is 4.79 Å². The second-order valence-electron chi connectivity index (χ2n) is 4.52. The lowest BCUT2D eigenvalue weighted by atomic mass is 10.1. The number of urea groups is 1. The van der Waals surface area contributed by atoms with Gasteiger partial charge in [0.15, 0.2) is 0 Å². The van der Waals surface area contributed by atoms with Crippen molar-refractivity contribution in [3.8, 4) is 5.75 Å². The second kappa shape index (κ2) is 5.44. The molecule has 1 fully saturated rings. The van der Waals surface area contributed by atoms with Gasteiger partial charge >= 0.3 is 6.03 Å². The Hall–Kier alpha value is -1.82. The minimum absolute atomic E-state index is 0.0531. The number of hydrogen-bond donors (Lipinski definition) is 1. The van der Waals surface area contributed by atoms with Crippen molar-refractivity contribution in [2.75, 3.05) is 27.2 Å². The lowest BCUT2D eigenvalue weighted by molar-refractivity contribution is 0.197. The first kappa shape index (κ1) is 13.6. The summed E-state index contributed by atoms with van der Waals surface area (Å²) in [5.41, 5.74) is 7.34. The van der Waals surface area contributed by atoms with Crippen LogP contribution in [0, 0.1) is 0 Å². The van der Waals surface area contributed by atoms with Crippen LogP contribution in [0.15, 0.2) is 18.2 Å². The maximum Gasteiger partial charge on any atom is 0.320 e. The Kier molecular flexibility index (Phi) is 3.90. The zero-order valence-corrected chi connectivity index (χ0v) is 11.9. The fraction of sp³-hybridized carbons (Fsp3) is 0.385. The van der Waals surface area contributed by atoms with Crippen molar-refractivity contribution in [1.29, 1.82) is 0 Å². The number of nitrogens with two attached hydrogens (primary N) is 1. The molecule has 0 aromatic heterocycles. The summed E-state index contributed by atoms with van der Waals surface area (Å²) in [4.78, 5) is 15.6. The largest absolute Gasteiger partial charge is 0.496 e. The van der Waals surface area contributed by atoms with E-state index in [0.29, 0.717) is 22.8 Å². The fourth-order valence-corrected chi connectivity index (χ4v) is 2.28. The highest BCUT2D eigenvalue weighted by molar-refractivity contribution is 7.80. The Labute approximate surface area is 117 Å². The zero-order chi connectivity index (χ0) is 14.0. The molecule has 1 aromatic carbocycles. The molecule has 0 spiro atoms. The molecule has 1 aliphatic heterocycles. The van der Waals surface area contributed by atoms with E-state index in [2.05, 4.69) is 0 Å². The van der Waals surface area contributed by atoms with Gasteiger partial charge in [0.05, 0.1) is 12.7 Å². The quantitative estimate of drug-likeness (QED) is 0.841. The molecule has 0 aliphatic carbocycles. The van der Waals surface area contributed by atoms with E-state index in [1.807, 2.05) is 18.2 Å². The summed E-state index contributed by atoms with van der Waals surface area (Å²) in [6, 6.07) is 5.68. The topological polar surface area (TPSA) is 58.8 Å². The molecule has 0 atom stereocenters. The van der Waals surface area contributed by atoms with Gasteiger partial charge in [0.1, 0.15) is 10.7 Å². The number of methoxy groups -OCH3 is 1. The van der Waals surface area contributed by atoms with Crippen LogP contribution >= 0.6 is 12.2 Å². The summed E-state index contributed by atoms with van der Waals surface area (Å²) in [6.45, 7) is 2.08. The Morgan fingerprint density at radius 1 is 1.47 bits per heavy atom. The maximum atomic E-state index is 11.8. The third-order valence-electron chi connectivity index (χ3n) is 3.21. The number of nitrogens with zero attached hydrogens (tertiary/aromatic N) is 2. The number of rotatable bonds is 4. The van der Waals surface area contributed by atoms with Crippen LogP contribution in [-0.2, 0) is 6.54 Å². The predicted octanol–water partition coefficient (Wildman–Crippen LogP) is 1.20. The first-order valence-corrected chi connectivity index (χ1v) is 6.40. The standard InChI is InChI=1S/C13H17N3O2S/c1-15-5-6-16(13(15)17)8-9-3-4-10(12(14)19)11(7-9)18-2/h3-4,7H,5-6,8H2,1-2H3,(H2,14,19). The highest BCUT2D eigenvalue weighted by atomic mass is 32.1. The highest BCUT2D eigenvalue weighted by Gasteiger charge is 2.25. The molecule has 2 rings (SSSR count). The van der Waals surface area contributed by atoms with E-state index in [4.69, 9.17) is 22.7 Å². The number of amides is 2.